The lowest BCUT2D eigenvalue weighted by atomic mass is 9.96. The third-order valence-corrected chi connectivity index (χ3v) is 2.84. The summed E-state index contributed by atoms with van der Waals surface area (Å²) in [7, 11) is 0. The van der Waals surface area contributed by atoms with Crippen LogP contribution in [0.2, 0.25) is 0 Å². The zero-order chi connectivity index (χ0) is 10.9. The van der Waals surface area contributed by atoms with Crippen molar-refractivity contribution in [2.45, 2.75) is 39.7 Å². The van der Waals surface area contributed by atoms with Crippen LogP contribution in [0.1, 0.15) is 44.5 Å². The van der Waals surface area contributed by atoms with E-state index in [1.54, 1.807) is 0 Å². The van der Waals surface area contributed by atoms with Gasteiger partial charge in [0.15, 0.2) is 0 Å². The molecular weight excluding hydrogens is 184 g/mol. The predicted molar refractivity (Wildman–Crippen MR) is 62.8 cm³/mol. The second-order valence-electron chi connectivity index (χ2n) is 5.58. The number of aromatic nitrogens is 1. The van der Waals surface area contributed by atoms with Crippen LogP contribution in [0.15, 0.2) is 18.3 Å². The molecule has 2 nitrogen and oxygen atoms in total. The quantitative estimate of drug-likeness (QED) is 0.801. The third kappa shape index (κ3) is 2.57. The van der Waals surface area contributed by atoms with Crippen LogP contribution in [0.5, 0.6) is 0 Å². The highest BCUT2D eigenvalue weighted by Gasteiger charge is 2.24. The molecule has 0 radical (unpaired) electrons. The first-order valence-electron chi connectivity index (χ1n) is 5.73. The molecule has 82 valence electrons. The molecular formula is C13H20N2. The lowest BCUT2D eigenvalue weighted by molar-refractivity contribution is 0.350. The molecule has 15 heavy (non-hydrogen) atoms. The molecule has 1 atom stereocenters. The second-order valence-corrected chi connectivity index (χ2v) is 5.58. The van der Waals surface area contributed by atoms with Crippen LogP contribution in [-0.2, 0) is 6.42 Å². The SMILES string of the molecule is CC(C)(C)CNC1CCc2cccnc21. The number of aryl methyl sites for hydroxylation is 1. The summed E-state index contributed by atoms with van der Waals surface area (Å²) in [6.07, 6.45) is 4.27. The molecule has 1 aromatic rings. The van der Waals surface area contributed by atoms with Crippen molar-refractivity contribution in [1.29, 1.82) is 0 Å². The van der Waals surface area contributed by atoms with Crippen molar-refractivity contribution in [3.05, 3.63) is 29.6 Å². The van der Waals surface area contributed by atoms with Crippen molar-refractivity contribution >= 4 is 0 Å². The summed E-state index contributed by atoms with van der Waals surface area (Å²) in [6, 6.07) is 4.70. The number of pyridine rings is 1. The van der Waals surface area contributed by atoms with Gasteiger partial charge in [0.25, 0.3) is 0 Å². The van der Waals surface area contributed by atoms with Gasteiger partial charge >= 0.3 is 0 Å². The average Bonchev–Trinajstić information content (AvgIpc) is 2.57. The van der Waals surface area contributed by atoms with Gasteiger partial charge in [-0.2, -0.15) is 0 Å². The first-order valence-corrected chi connectivity index (χ1v) is 5.73. The molecule has 0 aromatic carbocycles. The molecule has 1 N–H and O–H groups in total. The van der Waals surface area contributed by atoms with Crippen LogP contribution in [0.3, 0.4) is 0 Å². The van der Waals surface area contributed by atoms with Crippen LogP contribution >= 0.6 is 0 Å². The molecule has 1 unspecified atom stereocenters. The maximum absolute atomic E-state index is 4.48. The molecule has 1 aromatic heterocycles. The largest absolute Gasteiger partial charge is 0.308 e. The van der Waals surface area contributed by atoms with Crippen LogP contribution < -0.4 is 5.32 Å². The monoisotopic (exact) mass is 204 g/mol. The van der Waals surface area contributed by atoms with E-state index in [0.29, 0.717) is 11.5 Å². The molecule has 0 saturated carbocycles. The smallest absolute Gasteiger partial charge is 0.0605 e. The lowest BCUT2D eigenvalue weighted by Gasteiger charge is -2.22. The Morgan fingerprint density at radius 1 is 1.47 bits per heavy atom. The molecule has 0 spiro atoms. The summed E-state index contributed by atoms with van der Waals surface area (Å²) in [6.45, 7) is 7.82. The Bertz CT molecular complexity index is 339. The summed E-state index contributed by atoms with van der Waals surface area (Å²) in [5.74, 6) is 0. The zero-order valence-corrected chi connectivity index (χ0v) is 9.88. The average molecular weight is 204 g/mol. The molecule has 2 rings (SSSR count). The Labute approximate surface area is 92.1 Å². The lowest BCUT2D eigenvalue weighted by Crippen LogP contribution is -2.29. The Morgan fingerprint density at radius 3 is 3.00 bits per heavy atom. The maximum atomic E-state index is 4.48. The highest BCUT2D eigenvalue weighted by molar-refractivity contribution is 5.27. The summed E-state index contributed by atoms with van der Waals surface area (Å²) in [4.78, 5) is 4.48. The number of nitrogens with one attached hydrogen (secondary N) is 1. The fourth-order valence-corrected chi connectivity index (χ4v) is 2.04. The highest BCUT2D eigenvalue weighted by Crippen LogP contribution is 2.29. The van der Waals surface area contributed by atoms with Crippen molar-refractivity contribution in [2.24, 2.45) is 5.41 Å². The van der Waals surface area contributed by atoms with Gasteiger partial charge in [-0.15, -0.1) is 0 Å². The minimum atomic E-state index is 0.345. The van der Waals surface area contributed by atoms with Gasteiger partial charge in [0.2, 0.25) is 0 Å². The highest BCUT2D eigenvalue weighted by atomic mass is 15.0. The number of fused-ring (bicyclic) bond motifs is 1. The van der Waals surface area contributed by atoms with E-state index in [1.165, 1.54) is 24.1 Å². The molecule has 1 aliphatic carbocycles. The Hall–Kier alpha value is -0.890. The van der Waals surface area contributed by atoms with Crippen molar-refractivity contribution in [2.75, 3.05) is 6.54 Å². The van der Waals surface area contributed by atoms with E-state index in [-0.39, 0.29) is 0 Å². The Balaban J connectivity index is 2.02. The zero-order valence-electron chi connectivity index (χ0n) is 9.88. The normalized spacial score (nSPS) is 20.3. The van der Waals surface area contributed by atoms with Gasteiger partial charge in [-0.1, -0.05) is 26.8 Å². The molecule has 0 fully saturated rings. The van der Waals surface area contributed by atoms with Crippen LogP contribution in [0.25, 0.3) is 0 Å². The number of hydrogen-bond donors (Lipinski definition) is 1. The van der Waals surface area contributed by atoms with Gasteiger partial charge in [0, 0.05) is 12.7 Å². The van der Waals surface area contributed by atoms with E-state index in [1.807, 2.05) is 12.3 Å². The van der Waals surface area contributed by atoms with E-state index in [0.717, 1.165) is 6.54 Å². The number of rotatable bonds is 2. The molecule has 1 heterocycles. The van der Waals surface area contributed by atoms with Gasteiger partial charge < -0.3 is 5.32 Å². The summed E-state index contributed by atoms with van der Waals surface area (Å²) in [5.41, 5.74) is 3.03. The fourth-order valence-electron chi connectivity index (χ4n) is 2.04. The van der Waals surface area contributed by atoms with Crippen molar-refractivity contribution in [3.8, 4) is 0 Å². The van der Waals surface area contributed by atoms with Crippen molar-refractivity contribution in [1.82, 2.24) is 10.3 Å². The van der Waals surface area contributed by atoms with Gasteiger partial charge in [-0.3, -0.25) is 4.98 Å². The summed E-state index contributed by atoms with van der Waals surface area (Å²) in [5, 5.41) is 3.62. The third-order valence-electron chi connectivity index (χ3n) is 2.84. The summed E-state index contributed by atoms with van der Waals surface area (Å²) >= 11 is 0. The predicted octanol–water partition coefficient (Wildman–Crippen LogP) is 2.70. The van der Waals surface area contributed by atoms with E-state index >= 15 is 0 Å². The van der Waals surface area contributed by atoms with E-state index in [2.05, 4.69) is 37.1 Å². The first kappa shape index (κ1) is 10.6. The van der Waals surface area contributed by atoms with Crippen LogP contribution in [0.4, 0.5) is 0 Å². The minimum absolute atomic E-state index is 0.345. The van der Waals surface area contributed by atoms with E-state index in [4.69, 9.17) is 0 Å². The molecule has 1 aliphatic rings. The molecule has 0 bridgehead atoms. The van der Waals surface area contributed by atoms with Gasteiger partial charge in [-0.05, 0) is 29.9 Å². The van der Waals surface area contributed by atoms with Gasteiger partial charge in [0.1, 0.15) is 0 Å². The van der Waals surface area contributed by atoms with Crippen LogP contribution in [0, 0.1) is 5.41 Å². The summed E-state index contributed by atoms with van der Waals surface area (Å²) < 4.78 is 0. The van der Waals surface area contributed by atoms with Gasteiger partial charge in [0.05, 0.1) is 11.7 Å². The molecule has 0 saturated heterocycles. The minimum Gasteiger partial charge on any atom is -0.308 e. The first-order chi connectivity index (χ1) is 7.06. The van der Waals surface area contributed by atoms with Crippen molar-refractivity contribution in [3.63, 3.8) is 0 Å². The van der Waals surface area contributed by atoms with Crippen molar-refractivity contribution < 1.29 is 0 Å². The topological polar surface area (TPSA) is 24.9 Å². The van der Waals surface area contributed by atoms with Gasteiger partial charge in [-0.25, -0.2) is 0 Å². The number of hydrogen-bond acceptors (Lipinski definition) is 2. The van der Waals surface area contributed by atoms with E-state index < -0.39 is 0 Å². The number of nitrogens with zero attached hydrogens (tertiary/aromatic N) is 1. The molecule has 0 aliphatic heterocycles. The fraction of sp³-hybridized carbons (Fsp3) is 0.615. The Morgan fingerprint density at radius 2 is 2.27 bits per heavy atom. The van der Waals surface area contributed by atoms with Crippen LogP contribution in [-0.4, -0.2) is 11.5 Å². The van der Waals surface area contributed by atoms with E-state index in [9.17, 15) is 0 Å². The standard InChI is InChI=1S/C13H20N2/c1-13(2,3)9-15-11-7-6-10-5-4-8-14-12(10)11/h4-5,8,11,15H,6-7,9H2,1-3H3. The maximum Gasteiger partial charge on any atom is 0.0605 e. The second kappa shape index (κ2) is 3.93. The Kier molecular flexibility index (Phi) is 2.79. The molecule has 2 heteroatoms. The molecule has 0 amide bonds.